The van der Waals surface area contributed by atoms with Crippen LogP contribution in [-0.4, -0.2) is 53.5 Å². The summed E-state index contributed by atoms with van der Waals surface area (Å²) in [6.45, 7) is 2.64. The van der Waals surface area contributed by atoms with Crippen molar-refractivity contribution in [2.75, 3.05) is 24.5 Å². The van der Waals surface area contributed by atoms with Gasteiger partial charge in [0.05, 0.1) is 5.41 Å². The molecule has 4 amide bonds. The fourth-order valence-electron chi connectivity index (χ4n) is 3.89. The van der Waals surface area contributed by atoms with Gasteiger partial charge in [0.25, 0.3) is 5.91 Å². The number of anilines is 1. The lowest BCUT2D eigenvalue weighted by Gasteiger charge is -2.40. The highest BCUT2D eigenvalue weighted by molar-refractivity contribution is 6.12. The summed E-state index contributed by atoms with van der Waals surface area (Å²) in [5.74, 6) is -1.43. The van der Waals surface area contributed by atoms with Crippen LogP contribution < -0.4 is 10.2 Å². The molecule has 8 nitrogen and oxygen atoms in total. The largest absolute Gasteiger partial charge is 0.481 e. The van der Waals surface area contributed by atoms with Crippen molar-refractivity contribution in [2.45, 2.75) is 32.6 Å². The van der Waals surface area contributed by atoms with E-state index >= 15 is 0 Å². The summed E-state index contributed by atoms with van der Waals surface area (Å²) in [6.07, 6.45) is 2.53. The Kier molecular flexibility index (Phi) is 5.16. The minimum Gasteiger partial charge on any atom is -0.481 e. The standard InChI is InChI=1S/C19H23N3O5/c1-2-8-19(17(25)26)9-3-10-21(12-19)16(24)13-4-6-14(7-5-13)22-11-15(23)20-18(22)27/h4-7H,2-3,8-12H2,1H3,(H,25,26)(H,20,23,27)/t19-/m1/s1. The number of hydrogen-bond acceptors (Lipinski definition) is 4. The van der Waals surface area contributed by atoms with Crippen LogP contribution in [0.4, 0.5) is 10.5 Å². The summed E-state index contributed by atoms with van der Waals surface area (Å²) >= 11 is 0. The van der Waals surface area contributed by atoms with Gasteiger partial charge >= 0.3 is 12.0 Å². The zero-order chi connectivity index (χ0) is 19.6. The van der Waals surface area contributed by atoms with Gasteiger partial charge in [0, 0.05) is 24.3 Å². The third-order valence-corrected chi connectivity index (χ3v) is 5.27. The number of aliphatic carboxylic acids is 1. The van der Waals surface area contributed by atoms with Gasteiger partial charge in [-0.1, -0.05) is 13.3 Å². The van der Waals surface area contributed by atoms with Crippen LogP contribution in [0.25, 0.3) is 0 Å². The van der Waals surface area contributed by atoms with Crippen LogP contribution >= 0.6 is 0 Å². The van der Waals surface area contributed by atoms with Crippen molar-refractivity contribution in [3.05, 3.63) is 29.8 Å². The summed E-state index contributed by atoms with van der Waals surface area (Å²) in [4.78, 5) is 50.6. The number of likely N-dealkylation sites (tertiary alicyclic amines) is 1. The number of imide groups is 1. The lowest BCUT2D eigenvalue weighted by molar-refractivity contribution is -0.152. The molecular formula is C19H23N3O5. The number of carboxylic acids is 1. The Morgan fingerprint density at radius 3 is 2.48 bits per heavy atom. The Bertz CT molecular complexity index is 772. The Morgan fingerprint density at radius 2 is 1.93 bits per heavy atom. The van der Waals surface area contributed by atoms with E-state index in [1.54, 1.807) is 29.2 Å². The van der Waals surface area contributed by atoms with Gasteiger partial charge in [0.15, 0.2) is 0 Å². The second-order valence-corrected chi connectivity index (χ2v) is 7.15. The predicted octanol–water partition coefficient (Wildman–Crippen LogP) is 1.85. The average molecular weight is 373 g/mol. The fourth-order valence-corrected chi connectivity index (χ4v) is 3.89. The van der Waals surface area contributed by atoms with Crippen molar-refractivity contribution in [3.8, 4) is 0 Å². The molecule has 1 aromatic carbocycles. The van der Waals surface area contributed by atoms with Crippen molar-refractivity contribution in [2.24, 2.45) is 5.41 Å². The quantitative estimate of drug-likeness (QED) is 0.766. The molecule has 0 saturated carbocycles. The van der Waals surface area contributed by atoms with Gasteiger partial charge in [-0.3, -0.25) is 24.6 Å². The number of nitrogens with zero attached hydrogens (tertiary/aromatic N) is 2. The monoisotopic (exact) mass is 373 g/mol. The summed E-state index contributed by atoms with van der Waals surface area (Å²) in [7, 11) is 0. The van der Waals surface area contributed by atoms with Crippen LogP contribution in [0.1, 0.15) is 43.0 Å². The molecule has 2 aliphatic rings. The molecule has 8 heteroatoms. The normalized spacial score (nSPS) is 22.7. The molecule has 2 heterocycles. The van der Waals surface area contributed by atoms with Gasteiger partial charge in [0.1, 0.15) is 6.54 Å². The van der Waals surface area contributed by atoms with Crippen molar-refractivity contribution in [3.63, 3.8) is 0 Å². The number of hydrogen-bond donors (Lipinski definition) is 2. The zero-order valence-corrected chi connectivity index (χ0v) is 15.2. The van der Waals surface area contributed by atoms with Crippen molar-refractivity contribution in [1.29, 1.82) is 0 Å². The maximum atomic E-state index is 12.8. The number of benzene rings is 1. The van der Waals surface area contributed by atoms with Crippen LogP contribution in [0.15, 0.2) is 24.3 Å². The van der Waals surface area contributed by atoms with Gasteiger partial charge < -0.3 is 10.0 Å². The van der Waals surface area contributed by atoms with E-state index in [0.29, 0.717) is 37.1 Å². The summed E-state index contributed by atoms with van der Waals surface area (Å²) < 4.78 is 0. The molecule has 2 aliphatic heterocycles. The molecule has 0 bridgehead atoms. The number of rotatable bonds is 5. The minimum atomic E-state index is -0.878. The van der Waals surface area contributed by atoms with Crippen molar-refractivity contribution in [1.82, 2.24) is 10.2 Å². The number of nitrogens with one attached hydrogen (secondary N) is 1. The van der Waals surface area contributed by atoms with Gasteiger partial charge in [0.2, 0.25) is 5.91 Å². The Balaban J connectivity index is 1.74. The number of amides is 4. The van der Waals surface area contributed by atoms with Gasteiger partial charge in [-0.2, -0.15) is 0 Å². The van der Waals surface area contributed by atoms with E-state index in [1.807, 2.05) is 6.92 Å². The fraction of sp³-hybridized carbons (Fsp3) is 0.474. The zero-order valence-electron chi connectivity index (χ0n) is 15.2. The molecule has 0 spiro atoms. The van der Waals surface area contributed by atoms with E-state index in [2.05, 4.69) is 5.32 Å². The van der Waals surface area contributed by atoms with Gasteiger partial charge in [-0.05, 0) is 43.5 Å². The van der Waals surface area contributed by atoms with Crippen molar-refractivity contribution >= 4 is 29.5 Å². The van der Waals surface area contributed by atoms with Crippen LogP contribution in [0, 0.1) is 5.41 Å². The molecule has 1 aromatic rings. The average Bonchev–Trinajstić information content (AvgIpc) is 3.00. The lowest BCUT2D eigenvalue weighted by atomic mass is 9.76. The summed E-state index contributed by atoms with van der Waals surface area (Å²) in [6, 6.07) is 5.95. The highest BCUT2D eigenvalue weighted by Gasteiger charge is 2.43. The topological polar surface area (TPSA) is 107 Å². The first-order valence-electron chi connectivity index (χ1n) is 9.10. The molecule has 3 rings (SSSR count). The first-order valence-corrected chi connectivity index (χ1v) is 9.10. The number of carbonyl (C=O) groups excluding carboxylic acids is 3. The maximum Gasteiger partial charge on any atom is 0.329 e. The molecule has 0 unspecified atom stereocenters. The molecule has 0 aromatic heterocycles. The molecule has 1 atom stereocenters. The summed E-state index contributed by atoms with van der Waals surface area (Å²) in [5, 5.41) is 11.9. The van der Waals surface area contributed by atoms with Crippen LogP contribution in [0.3, 0.4) is 0 Å². The number of carbonyl (C=O) groups is 4. The third kappa shape index (κ3) is 3.65. The maximum absolute atomic E-state index is 12.8. The smallest absolute Gasteiger partial charge is 0.329 e. The highest BCUT2D eigenvalue weighted by atomic mass is 16.4. The minimum absolute atomic E-state index is 0.0452. The molecule has 27 heavy (non-hydrogen) atoms. The first kappa shape index (κ1) is 18.9. The van der Waals surface area contributed by atoms with E-state index in [9.17, 15) is 24.3 Å². The van der Waals surface area contributed by atoms with Crippen molar-refractivity contribution < 1.29 is 24.3 Å². The Hall–Kier alpha value is -2.90. The SMILES string of the molecule is CCC[C@@]1(C(=O)O)CCCN(C(=O)c2ccc(N3CC(=O)NC3=O)cc2)C1. The van der Waals surface area contributed by atoms with E-state index in [1.165, 1.54) is 4.90 Å². The predicted molar refractivity (Wildman–Crippen MR) is 97.4 cm³/mol. The van der Waals surface area contributed by atoms with Gasteiger partial charge in [-0.25, -0.2) is 4.79 Å². The number of urea groups is 1. The second-order valence-electron chi connectivity index (χ2n) is 7.15. The van der Waals surface area contributed by atoms with E-state index in [-0.39, 0.29) is 24.9 Å². The molecule has 2 saturated heterocycles. The molecule has 2 fully saturated rings. The molecule has 0 radical (unpaired) electrons. The van der Waals surface area contributed by atoms with E-state index < -0.39 is 17.4 Å². The first-order chi connectivity index (χ1) is 12.9. The number of carboxylic acid groups (broad SMARTS) is 1. The van der Waals surface area contributed by atoms with Crippen LogP contribution in [0.2, 0.25) is 0 Å². The summed E-state index contributed by atoms with van der Waals surface area (Å²) in [5.41, 5.74) is 0.0816. The second kappa shape index (κ2) is 7.38. The van der Waals surface area contributed by atoms with E-state index in [0.717, 1.165) is 6.42 Å². The molecular weight excluding hydrogens is 350 g/mol. The molecule has 0 aliphatic carbocycles. The lowest BCUT2D eigenvalue weighted by Crippen LogP contribution is -2.49. The van der Waals surface area contributed by atoms with Gasteiger partial charge in [-0.15, -0.1) is 0 Å². The Labute approximate surface area is 157 Å². The molecule has 2 N–H and O–H groups in total. The third-order valence-electron chi connectivity index (χ3n) is 5.27. The molecule has 144 valence electrons. The Morgan fingerprint density at radius 1 is 1.22 bits per heavy atom. The van der Waals surface area contributed by atoms with Crippen LogP contribution in [0.5, 0.6) is 0 Å². The van der Waals surface area contributed by atoms with Crippen LogP contribution in [-0.2, 0) is 9.59 Å². The van der Waals surface area contributed by atoms with E-state index in [4.69, 9.17) is 0 Å². The highest BCUT2D eigenvalue weighted by Crippen LogP contribution is 2.35. The number of piperidine rings is 1.